The number of anilines is 1. The molecule has 0 amide bonds. The predicted octanol–water partition coefficient (Wildman–Crippen LogP) is 5.46. The fourth-order valence-electron chi connectivity index (χ4n) is 2.73. The first-order chi connectivity index (χ1) is 10.0. The molecule has 1 atom stereocenters. The van der Waals surface area contributed by atoms with Gasteiger partial charge in [-0.15, -0.1) is 0 Å². The van der Waals surface area contributed by atoms with Crippen LogP contribution < -0.4 is 5.32 Å². The van der Waals surface area contributed by atoms with Crippen molar-refractivity contribution >= 4 is 37.5 Å². The highest BCUT2D eigenvalue weighted by Crippen LogP contribution is 2.31. The third-order valence-electron chi connectivity index (χ3n) is 3.75. The minimum atomic E-state index is -0.580. The van der Waals surface area contributed by atoms with Crippen molar-refractivity contribution < 1.29 is 8.78 Å². The highest BCUT2D eigenvalue weighted by Gasteiger charge is 2.21. The number of hydrogen-bond donors (Lipinski definition) is 1. The van der Waals surface area contributed by atoms with Gasteiger partial charge in [0.25, 0.3) is 0 Å². The molecule has 21 heavy (non-hydrogen) atoms. The number of halogens is 4. The zero-order valence-corrected chi connectivity index (χ0v) is 14.3. The Morgan fingerprint density at radius 1 is 1.05 bits per heavy atom. The molecule has 5 heteroatoms. The summed E-state index contributed by atoms with van der Waals surface area (Å²) >= 11 is 6.70. The van der Waals surface area contributed by atoms with Crippen LogP contribution in [-0.4, -0.2) is 6.04 Å². The Kier molecular flexibility index (Phi) is 4.31. The quantitative estimate of drug-likeness (QED) is 0.685. The van der Waals surface area contributed by atoms with Gasteiger partial charge in [-0.2, -0.15) is 0 Å². The number of benzene rings is 2. The smallest absolute Gasteiger partial charge is 0.150 e. The maximum Gasteiger partial charge on any atom is 0.150 e. The first kappa shape index (κ1) is 15.0. The lowest BCUT2D eigenvalue weighted by Gasteiger charge is -2.27. The fraction of sp³-hybridized carbons (Fsp3) is 0.250. The van der Waals surface area contributed by atoms with Gasteiger partial charge in [0.15, 0.2) is 0 Å². The van der Waals surface area contributed by atoms with Crippen molar-refractivity contribution in [3.8, 4) is 0 Å². The normalized spacial score (nSPS) is 17.4. The van der Waals surface area contributed by atoms with Crippen LogP contribution in [-0.2, 0) is 12.8 Å². The van der Waals surface area contributed by atoms with Crippen LogP contribution in [0.3, 0.4) is 0 Å². The van der Waals surface area contributed by atoms with Gasteiger partial charge in [-0.1, -0.05) is 22.0 Å². The summed E-state index contributed by atoms with van der Waals surface area (Å²) in [5, 5.41) is 3.20. The molecule has 0 heterocycles. The standard InChI is InChI=1S/C16H13Br2F2N/c17-11-3-1-10-6-13(4-2-9(10)5-11)21-16-14(18)7-12(19)8-15(16)20/h1,3,5,7-8,13,21H,2,4,6H2. The number of fused-ring (bicyclic) bond motifs is 1. The predicted molar refractivity (Wildman–Crippen MR) is 87.6 cm³/mol. The lowest BCUT2D eigenvalue weighted by atomic mass is 9.88. The topological polar surface area (TPSA) is 12.0 Å². The van der Waals surface area contributed by atoms with E-state index in [-0.39, 0.29) is 6.04 Å². The second-order valence-electron chi connectivity index (χ2n) is 5.24. The molecule has 0 radical (unpaired) electrons. The van der Waals surface area contributed by atoms with Gasteiger partial charge >= 0.3 is 0 Å². The van der Waals surface area contributed by atoms with Crippen molar-refractivity contribution in [2.45, 2.75) is 25.3 Å². The largest absolute Gasteiger partial charge is 0.379 e. The molecular weight excluding hydrogens is 404 g/mol. The highest BCUT2D eigenvalue weighted by atomic mass is 79.9. The Morgan fingerprint density at radius 2 is 1.86 bits per heavy atom. The van der Waals surface area contributed by atoms with E-state index in [0.29, 0.717) is 10.2 Å². The first-order valence-electron chi connectivity index (χ1n) is 6.71. The van der Waals surface area contributed by atoms with Gasteiger partial charge in [0.05, 0.1) is 5.69 Å². The van der Waals surface area contributed by atoms with E-state index >= 15 is 0 Å². The molecular formula is C16H13Br2F2N. The van der Waals surface area contributed by atoms with Gasteiger partial charge in [-0.3, -0.25) is 0 Å². The minimum absolute atomic E-state index is 0.148. The fourth-order valence-corrected chi connectivity index (χ4v) is 3.66. The van der Waals surface area contributed by atoms with Crippen molar-refractivity contribution in [3.63, 3.8) is 0 Å². The first-order valence-corrected chi connectivity index (χ1v) is 8.30. The zero-order valence-electron chi connectivity index (χ0n) is 11.1. The SMILES string of the molecule is Fc1cc(F)c(NC2CCc3cc(Br)ccc3C2)c(Br)c1. The molecule has 2 aromatic carbocycles. The van der Waals surface area contributed by atoms with Crippen LogP contribution in [0, 0.1) is 11.6 Å². The maximum atomic E-state index is 13.9. The molecule has 1 aliphatic rings. The summed E-state index contributed by atoms with van der Waals surface area (Å²) in [5.74, 6) is -1.15. The molecule has 0 aliphatic heterocycles. The third kappa shape index (κ3) is 3.29. The molecule has 1 nitrogen and oxygen atoms in total. The van der Waals surface area contributed by atoms with Gasteiger partial charge < -0.3 is 5.32 Å². The molecule has 0 bridgehead atoms. The Bertz CT molecular complexity index is 665. The van der Waals surface area contributed by atoms with E-state index in [1.165, 1.54) is 17.2 Å². The molecule has 0 aromatic heterocycles. The molecule has 0 saturated heterocycles. The summed E-state index contributed by atoms with van der Waals surface area (Å²) in [6, 6.07) is 8.59. The van der Waals surface area contributed by atoms with Crippen molar-refractivity contribution in [2.24, 2.45) is 0 Å². The Balaban J connectivity index is 1.80. The van der Waals surface area contributed by atoms with Crippen LogP contribution in [0.25, 0.3) is 0 Å². The van der Waals surface area contributed by atoms with Gasteiger partial charge in [-0.05, 0) is 64.5 Å². The van der Waals surface area contributed by atoms with Crippen LogP contribution >= 0.6 is 31.9 Å². The van der Waals surface area contributed by atoms with Crippen LogP contribution in [0.1, 0.15) is 17.5 Å². The van der Waals surface area contributed by atoms with E-state index in [1.807, 2.05) is 6.07 Å². The summed E-state index contributed by atoms with van der Waals surface area (Å²) in [5.41, 5.74) is 2.95. The molecule has 0 saturated carbocycles. The van der Waals surface area contributed by atoms with Crippen LogP contribution in [0.5, 0.6) is 0 Å². The summed E-state index contributed by atoms with van der Waals surface area (Å²) in [6.45, 7) is 0. The number of rotatable bonds is 2. The summed E-state index contributed by atoms with van der Waals surface area (Å²) in [6.07, 6.45) is 2.71. The van der Waals surface area contributed by atoms with Gasteiger partial charge in [0.1, 0.15) is 11.6 Å². The molecule has 1 aliphatic carbocycles. The summed E-state index contributed by atoms with van der Waals surface area (Å²) in [4.78, 5) is 0. The van der Waals surface area contributed by atoms with E-state index < -0.39 is 11.6 Å². The van der Waals surface area contributed by atoms with E-state index in [0.717, 1.165) is 29.8 Å². The second-order valence-corrected chi connectivity index (χ2v) is 7.01. The van der Waals surface area contributed by atoms with Gasteiger partial charge in [0.2, 0.25) is 0 Å². The molecule has 0 spiro atoms. The van der Waals surface area contributed by atoms with Crippen molar-refractivity contribution in [3.05, 3.63) is 62.0 Å². The maximum absolute atomic E-state index is 13.9. The molecule has 1 N–H and O–H groups in total. The third-order valence-corrected chi connectivity index (χ3v) is 4.87. The van der Waals surface area contributed by atoms with Crippen LogP contribution in [0.2, 0.25) is 0 Å². The lowest BCUT2D eigenvalue weighted by Crippen LogP contribution is -2.28. The Morgan fingerprint density at radius 3 is 2.62 bits per heavy atom. The van der Waals surface area contributed by atoms with Crippen LogP contribution in [0.15, 0.2) is 39.3 Å². The number of nitrogens with one attached hydrogen (secondary N) is 1. The average Bonchev–Trinajstić information content (AvgIpc) is 2.43. The Labute approximate surface area is 139 Å². The summed E-state index contributed by atoms with van der Waals surface area (Å²) in [7, 11) is 0. The average molecular weight is 417 g/mol. The van der Waals surface area contributed by atoms with E-state index in [9.17, 15) is 8.78 Å². The van der Waals surface area contributed by atoms with Gasteiger partial charge in [0, 0.05) is 21.1 Å². The van der Waals surface area contributed by atoms with E-state index in [1.54, 1.807) is 0 Å². The molecule has 3 rings (SSSR count). The minimum Gasteiger partial charge on any atom is -0.379 e. The molecule has 110 valence electrons. The second kappa shape index (κ2) is 6.05. The molecule has 0 fully saturated rings. The lowest BCUT2D eigenvalue weighted by molar-refractivity contribution is 0.571. The van der Waals surface area contributed by atoms with Crippen molar-refractivity contribution in [1.29, 1.82) is 0 Å². The van der Waals surface area contributed by atoms with Crippen molar-refractivity contribution in [2.75, 3.05) is 5.32 Å². The Hall–Kier alpha value is -0.940. The zero-order chi connectivity index (χ0) is 15.0. The summed E-state index contributed by atoms with van der Waals surface area (Å²) < 4.78 is 28.5. The monoisotopic (exact) mass is 415 g/mol. The van der Waals surface area contributed by atoms with E-state index in [2.05, 4.69) is 49.3 Å². The van der Waals surface area contributed by atoms with Gasteiger partial charge in [-0.25, -0.2) is 8.78 Å². The van der Waals surface area contributed by atoms with Crippen LogP contribution in [0.4, 0.5) is 14.5 Å². The highest BCUT2D eigenvalue weighted by molar-refractivity contribution is 9.10. The molecule has 1 unspecified atom stereocenters. The number of aryl methyl sites for hydroxylation is 1. The van der Waals surface area contributed by atoms with Crippen molar-refractivity contribution in [1.82, 2.24) is 0 Å². The van der Waals surface area contributed by atoms with E-state index in [4.69, 9.17) is 0 Å². The molecule has 2 aromatic rings. The number of hydrogen-bond acceptors (Lipinski definition) is 1.